The molecule has 0 bridgehead atoms. The van der Waals surface area contributed by atoms with Crippen molar-refractivity contribution in [2.45, 2.75) is 12.5 Å². The number of anilines is 3. The minimum Gasteiger partial charge on any atom is -0.368 e. The molecule has 6 nitrogen and oxygen atoms in total. The number of nitriles is 1. The van der Waals surface area contributed by atoms with E-state index >= 15 is 0 Å². The van der Waals surface area contributed by atoms with E-state index in [2.05, 4.69) is 32.9 Å². The van der Waals surface area contributed by atoms with Crippen molar-refractivity contribution in [1.82, 2.24) is 9.97 Å². The number of benzene rings is 1. The van der Waals surface area contributed by atoms with Crippen molar-refractivity contribution < 1.29 is 0 Å². The Labute approximate surface area is 153 Å². The van der Waals surface area contributed by atoms with Crippen LogP contribution in [0.4, 0.5) is 17.5 Å². The Hall–Kier alpha value is -2.52. The first-order valence-corrected chi connectivity index (χ1v) is 8.55. The maximum atomic E-state index is 8.98. The second-order valence-electron chi connectivity index (χ2n) is 6.39. The lowest BCUT2D eigenvalue weighted by Crippen LogP contribution is -2.35. The van der Waals surface area contributed by atoms with Crippen LogP contribution in [-0.2, 0) is 0 Å². The monoisotopic (exact) mass is 356 g/mol. The third-order valence-corrected chi connectivity index (χ3v) is 4.82. The fraction of sp³-hybridized carbons (Fsp3) is 0.389. The van der Waals surface area contributed by atoms with Gasteiger partial charge in [-0.1, -0.05) is 11.6 Å². The fourth-order valence-electron chi connectivity index (χ4n) is 3.05. The summed E-state index contributed by atoms with van der Waals surface area (Å²) in [6.07, 6.45) is 2.81. The lowest BCUT2D eigenvalue weighted by molar-refractivity contribution is 0.683. The number of likely N-dealkylation sites (N-methyl/N-ethyl adjacent to an activating group) is 1. The Kier molecular flexibility index (Phi) is 4.95. The lowest BCUT2D eigenvalue weighted by Gasteiger charge is -2.27. The van der Waals surface area contributed by atoms with Gasteiger partial charge in [-0.3, -0.25) is 0 Å². The molecule has 3 rings (SSSR count). The standard InChI is InChI=1S/C18H21ClN6/c1-23(2)18-21-8-6-17(22-18)24(3)14-7-9-25(12-14)16-5-4-13(11-20)10-15(16)19/h4-6,8,10,14H,7,9,12H2,1-3H3. The van der Waals surface area contributed by atoms with Gasteiger partial charge in [-0.15, -0.1) is 0 Å². The lowest BCUT2D eigenvalue weighted by atomic mass is 10.2. The van der Waals surface area contributed by atoms with E-state index < -0.39 is 0 Å². The first kappa shape index (κ1) is 17.3. The van der Waals surface area contributed by atoms with E-state index in [1.54, 1.807) is 12.3 Å². The summed E-state index contributed by atoms with van der Waals surface area (Å²) in [7, 11) is 5.93. The largest absolute Gasteiger partial charge is 0.368 e. The molecule has 1 unspecified atom stereocenters. The number of aromatic nitrogens is 2. The molecule has 1 saturated heterocycles. The smallest absolute Gasteiger partial charge is 0.226 e. The summed E-state index contributed by atoms with van der Waals surface area (Å²) in [5.41, 5.74) is 1.56. The average molecular weight is 357 g/mol. The van der Waals surface area contributed by atoms with Gasteiger partial charge in [0.2, 0.25) is 5.95 Å². The van der Waals surface area contributed by atoms with Crippen molar-refractivity contribution in [1.29, 1.82) is 5.26 Å². The van der Waals surface area contributed by atoms with Crippen LogP contribution in [0, 0.1) is 11.3 Å². The Morgan fingerprint density at radius 3 is 2.76 bits per heavy atom. The summed E-state index contributed by atoms with van der Waals surface area (Å²) in [6, 6.07) is 9.86. The van der Waals surface area contributed by atoms with Crippen molar-refractivity contribution >= 4 is 29.1 Å². The maximum absolute atomic E-state index is 8.98. The summed E-state index contributed by atoms with van der Waals surface area (Å²) in [5, 5.41) is 9.60. The first-order valence-electron chi connectivity index (χ1n) is 8.17. The van der Waals surface area contributed by atoms with Crippen LogP contribution < -0.4 is 14.7 Å². The van der Waals surface area contributed by atoms with E-state index in [1.807, 2.05) is 37.2 Å². The molecule has 1 fully saturated rings. The second-order valence-corrected chi connectivity index (χ2v) is 6.79. The minimum atomic E-state index is 0.344. The predicted molar refractivity (Wildman–Crippen MR) is 102 cm³/mol. The van der Waals surface area contributed by atoms with Crippen LogP contribution in [0.25, 0.3) is 0 Å². The van der Waals surface area contributed by atoms with Gasteiger partial charge in [0.05, 0.1) is 22.3 Å². The Morgan fingerprint density at radius 2 is 2.08 bits per heavy atom. The molecule has 2 aromatic rings. The third-order valence-electron chi connectivity index (χ3n) is 4.52. The molecule has 0 aliphatic carbocycles. The van der Waals surface area contributed by atoms with Gasteiger partial charge in [-0.2, -0.15) is 10.2 Å². The molecule has 1 aromatic carbocycles. The summed E-state index contributed by atoms with van der Waals surface area (Å²) in [6.45, 7) is 1.79. The van der Waals surface area contributed by atoms with Gasteiger partial charge in [0.25, 0.3) is 0 Å². The Bertz CT molecular complexity index is 800. The van der Waals surface area contributed by atoms with E-state index in [9.17, 15) is 0 Å². The van der Waals surface area contributed by atoms with Crippen LogP contribution in [0.15, 0.2) is 30.5 Å². The molecule has 0 amide bonds. The van der Waals surface area contributed by atoms with Crippen LogP contribution in [0.2, 0.25) is 5.02 Å². The van der Waals surface area contributed by atoms with Gasteiger partial charge in [-0.05, 0) is 30.7 Å². The molecular weight excluding hydrogens is 336 g/mol. The van der Waals surface area contributed by atoms with Crippen LogP contribution in [0.3, 0.4) is 0 Å². The molecule has 0 spiro atoms. The average Bonchev–Trinajstić information content (AvgIpc) is 3.10. The number of nitrogens with zero attached hydrogens (tertiary/aromatic N) is 6. The zero-order valence-corrected chi connectivity index (χ0v) is 15.4. The second kappa shape index (κ2) is 7.16. The fourth-order valence-corrected chi connectivity index (χ4v) is 3.35. The van der Waals surface area contributed by atoms with E-state index in [-0.39, 0.29) is 0 Å². The highest BCUT2D eigenvalue weighted by atomic mass is 35.5. The topological polar surface area (TPSA) is 59.3 Å². The minimum absolute atomic E-state index is 0.344. The number of rotatable bonds is 4. The Balaban J connectivity index is 1.74. The van der Waals surface area contributed by atoms with Crippen molar-refractivity contribution in [3.63, 3.8) is 0 Å². The highest BCUT2D eigenvalue weighted by molar-refractivity contribution is 6.33. The van der Waals surface area contributed by atoms with Gasteiger partial charge < -0.3 is 14.7 Å². The van der Waals surface area contributed by atoms with E-state index in [4.69, 9.17) is 16.9 Å². The molecule has 1 aliphatic rings. The molecule has 0 radical (unpaired) electrons. The van der Waals surface area contributed by atoms with Crippen molar-refractivity contribution in [2.24, 2.45) is 0 Å². The molecule has 1 aromatic heterocycles. The summed E-state index contributed by atoms with van der Waals surface area (Å²) in [4.78, 5) is 15.2. The van der Waals surface area contributed by atoms with Crippen molar-refractivity contribution in [2.75, 3.05) is 48.9 Å². The van der Waals surface area contributed by atoms with E-state index in [1.165, 1.54) is 0 Å². The van der Waals surface area contributed by atoms with Gasteiger partial charge in [0.1, 0.15) is 5.82 Å². The zero-order chi connectivity index (χ0) is 18.0. The molecule has 0 saturated carbocycles. The SMILES string of the molecule is CN(C)c1nccc(N(C)C2CCN(c3ccc(C#N)cc3Cl)C2)n1. The highest BCUT2D eigenvalue weighted by Gasteiger charge is 2.28. The number of hydrogen-bond acceptors (Lipinski definition) is 6. The van der Waals surface area contributed by atoms with E-state index in [0.717, 1.165) is 31.0 Å². The molecule has 0 N–H and O–H groups in total. The molecular formula is C18H21ClN6. The molecule has 7 heteroatoms. The first-order chi connectivity index (χ1) is 12.0. The summed E-state index contributed by atoms with van der Waals surface area (Å²) < 4.78 is 0. The molecule has 1 aliphatic heterocycles. The van der Waals surface area contributed by atoms with Gasteiger partial charge >= 0.3 is 0 Å². The van der Waals surface area contributed by atoms with Crippen LogP contribution in [-0.4, -0.2) is 50.2 Å². The zero-order valence-electron chi connectivity index (χ0n) is 14.6. The summed E-state index contributed by atoms with van der Waals surface area (Å²) in [5.74, 6) is 1.62. The molecule has 130 valence electrons. The van der Waals surface area contributed by atoms with Crippen LogP contribution >= 0.6 is 11.6 Å². The molecule has 2 heterocycles. The normalized spacial score (nSPS) is 16.6. The molecule has 1 atom stereocenters. The van der Waals surface area contributed by atoms with Crippen LogP contribution in [0.1, 0.15) is 12.0 Å². The van der Waals surface area contributed by atoms with Gasteiger partial charge in [0.15, 0.2) is 0 Å². The van der Waals surface area contributed by atoms with Crippen LogP contribution in [0.5, 0.6) is 0 Å². The highest BCUT2D eigenvalue weighted by Crippen LogP contribution is 2.31. The van der Waals surface area contributed by atoms with Crippen molar-refractivity contribution in [3.05, 3.63) is 41.0 Å². The van der Waals surface area contributed by atoms with Crippen molar-refractivity contribution in [3.8, 4) is 6.07 Å². The predicted octanol–water partition coefficient (Wildman–Crippen LogP) is 2.78. The maximum Gasteiger partial charge on any atom is 0.226 e. The Morgan fingerprint density at radius 1 is 1.28 bits per heavy atom. The van der Waals surface area contributed by atoms with E-state index in [0.29, 0.717) is 22.6 Å². The number of halogens is 1. The van der Waals surface area contributed by atoms with Gasteiger partial charge in [0, 0.05) is 46.5 Å². The third kappa shape index (κ3) is 3.62. The van der Waals surface area contributed by atoms with Gasteiger partial charge in [-0.25, -0.2) is 4.98 Å². The number of hydrogen-bond donors (Lipinski definition) is 0. The summed E-state index contributed by atoms with van der Waals surface area (Å²) >= 11 is 6.36. The quantitative estimate of drug-likeness (QED) is 0.839. The molecule has 25 heavy (non-hydrogen) atoms.